The molecule has 0 spiro atoms. The van der Waals surface area contributed by atoms with Crippen LogP contribution in [0, 0.1) is 16.7 Å². The van der Waals surface area contributed by atoms with E-state index in [0.29, 0.717) is 0 Å². The van der Waals surface area contributed by atoms with Crippen molar-refractivity contribution >= 4 is 11.8 Å². The third-order valence-electron chi connectivity index (χ3n) is 3.23. The highest BCUT2D eigenvalue weighted by molar-refractivity contribution is 5.90. The van der Waals surface area contributed by atoms with E-state index in [9.17, 15) is 9.59 Å². The number of hydrogen-bond donors (Lipinski definition) is 1. The number of carbonyl (C=O) groups excluding carboxylic acids is 2. The number of likely N-dealkylation sites (tertiary alicyclic amines) is 1. The fourth-order valence-corrected chi connectivity index (χ4v) is 1.88. The van der Waals surface area contributed by atoms with Gasteiger partial charge in [0.15, 0.2) is 0 Å². The van der Waals surface area contributed by atoms with Crippen molar-refractivity contribution in [3.63, 3.8) is 0 Å². The molecule has 1 aliphatic rings. The minimum atomic E-state index is -1.10. The van der Waals surface area contributed by atoms with Crippen molar-refractivity contribution in [2.24, 2.45) is 5.41 Å². The normalized spacial score (nSPS) is 17.8. The Morgan fingerprint density at radius 3 is 2.33 bits per heavy atom. The average molecular weight is 251 g/mol. The molecular formula is C13H21N3O2. The van der Waals surface area contributed by atoms with Gasteiger partial charge in [0.05, 0.1) is 6.07 Å². The van der Waals surface area contributed by atoms with Crippen LogP contribution in [-0.4, -0.2) is 35.8 Å². The molecule has 1 saturated heterocycles. The zero-order valence-electron chi connectivity index (χ0n) is 11.3. The molecule has 5 heteroatoms. The van der Waals surface area contributed by atoms with Crippen LogP contribution in [0.4, 0.5) is 0 Å². The summed E-state index contributed by atoms with van der Waals surface area (Å²) in [4.78, 5) is 25.7. The molecule has 1 N–H and O–H groups in total. The van der Waals surface area contributed by atoms with Crippen LogP contribution >= 0.6 is 0 Å². The molecule has 100 valence electrons. The SMILES string of the molecule is CC(NC(=O)C(C)(C)C#N)C(=O)N1CCCCC1. The summed E-state index contributed by atoms with van der Waals surface area (Å²) in [5, 5.41) is 11.5. The summed E-state index contributed by atoms with van der Waals surface area (Å²) in [5.41, 5.74) is -1.10. The van der Waals surface area contributed by atoms with Gasteiger partial charge in [-0.3, -0.25) is 9.59 Å². The summed E-state index contributed by atoms with van der Waals surface area (Å²) >= 11 is 0. The molecule has 1 heterocycles. The molecule has 0 aromatic carbocycles. The molecule has 5 nitrogen and oxygen atoms in total. The van der Waals surface area contributed by atoms with Gasteiger partial charge in [0.2, 0.25) is 11.8 Å². The lowest BCUT2D eigenvalue weighted by Gasteiger charge is -2.30. The van der Waals surface area contributed by atoms with Gasteiger partial charge < -0.3 is 10.2 Å². The average Bonchev–Trinajstić information content (AvgIpc) is 2.38. The monoisotopic (exact) mass is 251 g/mol. The van der Waals surface area contributed by atoms with E-state index in [2.05, 4.69) is 5.32 Å². The van der Waals surface area contributed by atoms with Gasteiger partial charge in [-0.05, 0) is 40.0 Å². The first-order chi connectivity index (χ1) is 8.38. The maximum absolute atomic E-state index is 12.1. The Balaban J connectivity index is 2.55. The second-order valence-electron chi connectivity index (χ2n) is 5.32. The van der Waals surface area contributed by atoms with Crippen LogP contribution in [0.15, 0.2) is 0 Å². The molecule has 0 aliphatic carbocycles. The van der Waals surface area contributed by atoms with E-state index in [4.69, 9.17) is 5.26 Å². The third kappa shape index (κ3) is 3.46. The maximum Gasteiger partial charge on any atom is 0.244 e. The lowest BCUT2D eigenvalue weighted by molar-refractivity contribution is -0.138. The molecule has 1 atom stereocenters. The Kier molecular flexibility index (Phi) is 4.71. The molecule has 0 saturated carbocycles. The van der Waals surface area contributed by atoms with Crippen LogP contribution in [0.5, 0.6) is 0 Å². The van der Waals surface area contributed by atoms with Gasteiger partial charge in [-0.25, -0.2) is 0 Å². The van der Waals surface area contributed by atoms with E-state index in [-0.39, 0.29) is 5.91 Å². The van der Waals surface area contributed by atoms with Crippen molar-refractivity contribution < 1.29 is 9.59 Å². The summed E-state index contributed by atoms with van der Waals surface area (Å²) in [6.07, 6.45) is 3.21. The molecule has 0 radical (unpaired) electrons. The summed E-state index contributed by atoms with van der Waals surface area (Å²) in [6.45, 7) is 6.28. The summed E-state index contributed by atoms with van der Waals surface area (Å²) in [7, 11) is 0. The standard InChI is InChI=1S/C13H21N3O2/c1-10(15-12(18)13(2,3)9-14)11(17)16-7-5-4-6-8-16/h10H,4-8H2,1-3H3,(H,15,18). The zero-order chi connectivity index (χ0) is 13.8. The van der Waals surface area contributed by atoms with E-state index >= 15 is 0 Å². The predicted molar refractivity (Wildman–Crippen MR) is 67.4 cm³/mol. The van der Waals surface area contributed by atoms with Crippen molar-refractivity contribution in [1.82, 2.24) is 10.2 Å². The highest BCUT2D eigenvalue weighted by Gasteiger charge is 2.31. The van der Waals surface area contributed by atoms with Gasteiger partial charge in [0, 0.05) is 13.1 Å². The Morgan fingerprint density at radius 1 is 1.28 bits per heavy atom. The highest BCUT2D eigenvalue weighted by Crippen LogP contribution is 2.14. The number of nitrogens with zero attached hydrogens (tertiary/aromatic N) is 2. The molecular weight excluding hydrogens is 230 g/mol. The number of carbonyl (C=O) groups is 2. The van der Waals surface area contributed by atoms with Crippen LogP contribution in [0.2, 0.25) is 0 Å². The molecule has 2 amide bonds. The van der Waals surface area contributed by atoms with E-state index < -0.39 is 17.4 Å². The second kappa shape index (κ2) is 5.85. The lowest BCUT2D eigenvalue weighted by atomic mass is 9.94. The molecule has 1 aliphatic heterocycles. The minimum Gasteiger partial charge on any atom is -0.343 e. The van der Waals surface area contributed by atoms with Gasteiger partial charge in [-0.1, -0.05) is 0 Å². The van der Waals surface area contributed by atoms with Crippen LogP contribution < -0.4 is 5.32 Å². The maximum atomic E-state index is 12.1. The first-order valence-corrected chi connectivity index (χ1v) is 6.39. The Labute approximate surface area is 108 Å². The Hall–Kier alpha value is -1.57. The topological polar surface area (TPSA) is 73.2 Å². The van der Waals surface area contributed by atoms with Gasteiger partial charge in [0.1, 0.15) is 11.5 Å². The van der Waals surface area contributed by atoms with Crippen LogP contribution in [0.3, 0.4) is 0 Å². The van der Waals surface area contributed by atoms with Crippen LogP contribution in [0.1, 0.15) is 40.0 Å². The van der Waals surface area contributed by atoms with Crippen molar-refractivity contribution in [3.8, 4) is 6.07 Å². The van der Waals surface area contributed by atoms with Gasteiger partial charge >= 0.3 is 0 Å². The molecule has 1 fully saturated rings. The van der Waals surface area contributed by atoms with Gasteiger partial charge in [-0.15, -0.1) is 0 Å². The van der Waals surface area contributed by atoms with Gasteiger partial charge in [0.25, 0.3) is 0 Å². The largest absolute Gasteiger partial charge is 0.343 e. The molecule has 0 aromatic heterocycles. The minimum absolute atomic E-state index is 0.0585. The lowest BCUT2D eigenvalue weighted by Crippen LogP contribution is -2.51. The highest BCUT2D eigenvalue weighted by atomic mass is 16.2. The number of amides is 2. The van der Waals surface area contributed by atoms with Crippen LogP contribution in [0.25, 0.3) is 0 Å². The van der Waals surface area contributed by atoms with E-state index in [1.807, 2.05) is 6.07 Å². The summed E-state index contributed by atoms with van der Waals surface area (Å²) in [5.74, 6) is -0.459. The first kappa shape index (κ1) is 14.5. The molecule has 0 bridgehead atoms. The molecule has 18 heavy (non-hydrogen) atoms. The van der Waals surface area contributed by atoms with Crippen molar-refractivity contribution in [1.29, 1.82) is 5.26 Å². The first-order valence-electron chi connectivity index (χ1n) is 6.39. The molecule has 1 unspecified atom stereocenters. The number of piperidine rings is 1. The van der Waals surface area contributed by atoms with Crippen molar-refractivity contribution in [2.75, 3.05) is 13.1 Å². The van der Waals surface area contributed by atoms with Crippen LogP contribution in [-0.2, 0) is 9.59 Å². The third-order valence-corrected chi connectivity index (χ3v) is 3.23. The number of nitriles is 1. The fourth-order valence-electron chi connectivity index (χ4n) is 1.88. The van der Waals surface area contributed by atoms with E-state index in [0.717, 1.165) is 32.4 Å². The Morgan fingerprint density at radius 2 is 1.83 bits per heavy atom. The van der Waals surface area contributed by atoms with E-state index in [1.54, 1.807) is 25.7 Å². The predicted octanol–water partition coefficient (Wildman–Crippen LogP) is 1.05. The fraction of sp³-hybridized carbons (Fsp3) is 0.769. The summed E-state index contributed by atoms with van der Waals surface area (Å²) < 4.78 is 0. The van der Waals surface area contributed by atoms with E-state index in [1.165, 1.54) is 0 Å². The number of rotatable bonds is 3. The number of hydrogen-bond acceptors (Lipinski definition) is 3. The van der Waals surface area contributed by atoms with Gasteiger partial charge in [-0.2, -0.15) is 5.26 Å². The van der Waals surface area contributed by atoms with Crippen molar-refractivity contribution in [3.05, 3.63) is 0 Å². The van der Waals surface area contributed by atoms with Crippen molar-refractivity contribution in [2.45, 2.75) is 46.1 Å². The zero-order valence-corrected chi connectivity index (χ0v) is 11.3. The molecule has 1 rings (SSSR count). The summed E-state index contributed by atoms with van der Waals surface area (Å²) in [6, 6.07) is 1.36. The second-order valence-corrected chi connectivity index (χ2v) is 5.32. The smallest absolute Gasteiger partial charge is 0.244 e. The Bertz CT molecular complexity index is 365. The number of nitrogens with one attached hydrogen (secondary N) is 1. The molecule has 0 aromatic rings. The quantitative estimate of drug-likeness (QED) is 0.815.